The van der Waals surface area contributed by atoms with Gasteiger partial charge in [0.1, 0.15) is 5.75 Å². The lowest BCUT2D eigenvalue weighted by Crippen LogP contribution is -2.09. The molecule has 2 aromatic rings. The molecule has 6 heteroatoms. The summed E-state index contributed by atoms with van der Waals surface area (Å²) >= 11 is 3.35. The van der Waals surface area contributed by atoms with Crippen molar-refractivity contribution in [1.82, 2.24) is 0 Å². The van der Waals surface area contributed by atoms with E-state index in [4.69, 9.17) is 4.74 Å². The Morgan fingerprint density at radius 2 is 1.90 bits per heavy atom. The molecule has 0 atom stereocenters. The van der Waals surface area contributed by atoms with Crippen LogP contribution in [0.2, 0.25) is 0 Å². The fourth-order valence-corrected chi connectivity index (χ4v) is 2.23. The number of benzene rings is 2. The Kier molecular flexibility index (Phi) is 4.70. The lowest BCUT2D eigenvalue weighted by molar-refractivity contribution is -0.384. The first kappa shape index (κ1) is 15.2. The molecule has 0 saturated carbocycles. The minimum absolute atomic E-state index is 0.0694. The van der Waals surface area contributed by atoms with E-state index in [9.17, 15) is 14.9 Å². The largest absolute Gasteiger partial charge is 0.422 e. The third kappa shape index (κ3) is 3.66. The van der Waals surface area contributed by atoms with E-state index in [0.717, 1.165) is 12.0 Å². The number of hydrogen-bond acceptors (Lipinski definition) is 4. The van der Waals surface area contributed by atoms with Gasteiger partial charge in [-0.2, -0.15) is 0 Å². The number of aryl methyl sites for hydroxylation is 1. The van der Waals surface area contributed by atoms with Crippen molar-refractivity contribution in [3.8, 4) is 5.75 Å². The summed E-state index contributed by atoms with van der Waals surface area (Å²) < 4.78 is 5.97. The first-order chi connectivity index (χ1) is 10.0. The van der Waals surface area contributed by atoms with Crippen LogP contribution in [0.5, 0.6) is 5.75 Å². The molecule has 0 aliphatic carbocycles. The summed E-state index contributed by atoms with van der Waals surface area (Å²) in [5, 5.41) is 10.6. The normalized spacial score (nSPS) is 10.2. The zero-order valence-electron chi connectivity index (χ0n) is 11.2. The highest BCUT2D eigenvalue weighted by molar-refractivity contribution is 9.10. The molecule has 0 aliphatic heterocycles. The average molecular weight is 350 g/mol. The third-order valence-corrected chi connectivity index (χ3v) is 3.54. The second-order valence-electron chi connectivity index (χ2n) is 4.31. The lowest BCUT2D eigenvalue weighted by Gasteiger charge is -2.07. The molecule has 0 aliphatic rings. The maximum absolute atomic E-state index is 12.0. The molecule has 2 aromatic carbocycles. The second-order valence-corrected chi connectivity index (χ2v) is 5.17. The van der Waals surface area contributed by atoms with Crippen LogP contribution in [0.4, 0.5) is 5.69 Å². The highest BCUT2D eigenvalue weighted by Gasteiger charge is 2.13. The van der Waals surface area contributed by atoms with Gasteiger partial charge in [0.2, 0.25) is 0 Å². The van der Waals surface area contributed by atoms with Crippen molar-refractivity contribution in [3.05, 3.63) is 68.2 Å². The fraction of sp³-hybridized carbons (Fsp3) is 0.133. The summed E-state index contributed by atoms with van der Waals surface area (Å²) in [4.78, 5) is 22.0. The topological polar surface area (TPSA) is 69.4 Å². The van der Waals surface area contributed by atoms with Gasteiger partial charge in [0.05, 0.1) is 15.0 Å². The van der Waals surface area contributed by atoms with E-state index in [2.05, 4.69) is 15.9 Å². The van der Waals surface area contributed by atoms with E-state index in [-0.39, 0.29) is 11.3 Å². The molecule has 0 bridgehead atoms. The van der Waals surface area contributed by atoms with E-state index in [1.807, 2.05) is 19.1 Å². The van der Waals surface area contributed by atoms with Crippen molar-refractivity contribution in [3.63, 3.8) is 0 Å². The Morgan fingerprint density at radius 1 is 1.24 bits per heavy atom. The highest BCUT2D eigenvalue weighted by Crippen LogP contribution is 2.27. The zero-order valence-corrected chi connectivity index (χ0v) is 12.8. The maximum atomic E-state index is 12.0. The summed E-state index contributed by atoms with van der Waals surface area (Å²) in [6.07, 6.45) is 0.884. The predicted octanol–water partition coefficient (Wildman–Crippen LogP) is 4.14. The number of hydrogen-bond donors (Lipinski definition) is 0. The molecule has 2 rings (SSSR count). The van der Waals surface area contributed by atoms with E-state index >= 15 is 0 Å². The Bertz CT molecular complexity index is 683. The minimum Gasteiger partial charge on any atom is -0.422 e. The van der Waals surface area contributed by atoms with Gasteiger partial charge in [-0.15, -0.1) is 0 Å². The molecule has 0 heterocycles. The number of nitro benzene ring substituents is 1. The van der Waals surface area contributed by atoms with E-state index in [1.54, 1.807) is 6.07 Å². The summed E-state index contributed by atoms with van der Waals surface area (Å²) in [7, 11) is 0. The molecular weight excluding hydrogens is 338 g/mol. The number of non-ortho nitro benzene ring substituents is 1. The summed E-state index contributed by atoms with van der Waals surface area (Å²) in [5.74, 6) is -0.148. The first-order valence-corrected chi connectivity index (χ1v) is 7.05. The van der Waals surface area contributed by atoms with Crippen LogP contribution in [0, 0.1) is 10.1 Å². The average Bonchev–Trinajstić information content (AvgIpc) is 2.49. The third-order valence-electron chi connectivity index (χ3n) is 2.92. The monoisotopic (exact) mass is 349 g/mol. The van der Waals surface area contributed by atoms with Crippen LogP contribution >= 0.6 is 15.9 Å². The van der Waals surface area contributed by atoms with Crippen molar-refractivity contribution in [1.29, 1.82) is 0 Å². The Labute approximate surface area is 129 Å². The van der Waals surface area contributed by atoms with Crippen molar-refractivity contribution in [2.45, 2.75) is 13.3 Å². The Morgan fingerprint density at radius 3 is 2.43 bits per heavy atom. The molecule has 5 nitrogen and oxygen atoms in total. The molecule has 0 amide bonds. The molecule has 0 aromatic heterocycles. The van der Waals surface area contributed by atoms with Gasteiger partial charge in [0, 0.05) is 12.1 Å². The van der Waals surface area contributed by atoms with Crippen molar-refractivity contribution in [2.75, 3.05) is 0 Å². The van der Waals surface area contributed by atoms with Gasteiger partial charge in [-0.1, -0.05) is 13.0 Å². The molecule has 0 spiro atoms. The van der Waals surface area contributed by atoms with Crippen LogP contribution in [0.25, 0.3) is 0 Å². The highest BCUT2D eigenvalue weighted by atomic mass is 79.9. The number of nitro groups is 1. The van der Waals surface area contributed by atoms with Crippen LogP contribution in [0.3, 0.4) is 0 Å². The quantitative estimate of drug-likeness (QED) is 0.360. The SMILES string of the molecule is CCc1ccc(OC(=O)c2ccc([N+](=O)[O-])cc2)c(Br)c1. The number of carbonyl (C=O) groups is 1. The molecule has 108 valence electrons. The van der Waals surface area contributed by atoms with Crippen molar-refractivity contribution in [2.24, 2.45) is 0 Å². The van der Waals surface area contributed by atoms with Gasteiger partial charge in [-0.25, -0.2) is 4.79 Å². The number of esters is 1. The molecule has 0 unspecified atom stereocenters. The van der Waals surface area contributed by atoms with E-state index < -0.39 is 10.9 Å². The number of ether oxygens (including phenoxy) is 1. The number of nitrogens with zero attached hydrogens (tertiary/aromatic N) is 1. The Balaban J connectivity index is 2.16. The van der Waals surface area contributed by atoms with Crippen LogP contribution in [0.1, 0.15) is 22.8 Å². The summed E-state index contributed by atoms with van der Waals surface area (Å²) in [5.41, 5.74) is 1.31. The molecule has 0 fully saturated rings. The molecule has 0 saturated heterocycles. The minimum atomic E-state index is -0.560. The maximum Gasteiger partial charge on any atom is 0.343 e. The second kappa shape index (κ2) is 6.49. The van der Waals surface area contributed by atoms with E-state index in [1.165, 1.54) is 24.3 Å². The van der Waals surface area contributed by atoms with E-state index in [0.29, 0.717) is 10.2 Å². The molecule has 0 radical (unpaired) electrons. The van der Waals surface area contributed by atoms with Crippen LogP contribution < -0.4 is 4.74 Å². The molecular formula is C15H12BrNO4. The van der Waals surface area contributed by atoms with Crippen molar-refractivity contribution < 1.29 is 14.5 Å². The molecule has 21 heavy (non-hydrogen) atoms. The number of carbonyl (C=O) groups excluding carboxylic acids is 1. The molecule has 0 N–H and O–H groups in total. The summed E-state index contributed by atoms with van der Waals surface area (Å²) in [6, 6.07) is 10.8. The predicted molar refractivity (Wildman–Crippen MR) is 81.6 cm³/mol. The Hall–Kier alpha value is -2.21. The fourth-order valence-electron chi connectivity index (χ4n) is 1.73. The lowest BCUT2D eigenvalue weighted by atomic mass is 10.2. The van der Waals surface area contributed by atoms with Gasteiger partial charge < -0.3 is 4.74 Å². The van der Waals surface area contributed by atoms with Gasteiger partial charge in [-0.3, -0.25) is 10.1 Å². The van der Waals surface area contributed by atoms with Crippen LogP contribution in [-0.4, -0.2) is 10.9 Å². The van der Waals surface area contributed by atoms with Crippen LogP contribution in [0.15, 0.2) is 46.9 Å². The number of halogens is 1. The standard InChI is InChI=1S/C15H12BrNO4/c1-2-10-3-8-14(13(16)9-10)21-15(18)11-4-6-12(7-5-11)17(19)20/h3-9H,2H2,1H3. The van der Waals surface area contributed by atoms with Gasteiger partial charge in [0.15, 0.2) is 0 Å². The summed E-state index contributed by atoms with van der Waals surface area (Å²) in [6.45, 7) is 2.03. The van der Waals surface area contributed by atoms with Crippen LogP contribution in [-0.2, 0) is 6.42 Å². The van der Waals surface area contributed by atoms with Gasteiger partial charge in [-0.05, 0) is 52.2 Å². The van der Waals surface area contributed by atoms with Gasteiger partial charge >= 0.3 is 5.97 Å². The smallest absolute Gasteiger partial charge is 0.343 e. The van der Waals surface area contributed by atoms with Crippen molar-refractivity contribution >= 4 is 27.6 Å². The first-order valence-electron chi connectivity index (χ1n) is 6.26. The van der Waals surface area contributed by atoms with Gasteiger partial charge in [0.25, 0.3) is 5.69 Å². The number of rotatable bonds is 4. The zero-order chi connectivity index (χ0) is 15.4.